The number of non-ortho nitro benzene ring substituents is 1. The first-order chi connectivity index (χ1) is 16.9. The Morgan fingerprint density at radius 1 is 1.17 bits per heavy atom. The number of rotatable bonds is 8. The summed E-state index contributed by atoms with van der Waals surface area (Å²) >= 11 is 6.39. The summed E-state index contributed by atoms with van der Waals surface area (Å²) in [5.74, 6) is -0.260. The first-order valence-electron chi connectivity index (χ1n) is 10.0. The third-order valence-electron chi connectivity index (χ3n) is 4.75. The molecule has 0 bridgehead atoms. The van der Waals surface area contributed by atoms with Crippen molar-refractivity contribution in [2.75, 3.05) is 12.4 Å². The van der Waals surface area contributed by atoms with Crippen LogP contribution in [0, 0.1) is 32.8 Å². The monoisotopic (exact) mass is 488 g/mol. The highest BCUT2D eigenvalue weighted by Crippen LogP contribution is 2.37. The minimum Gasteiger partial charge on any atom is -0.493 e. The van der Waals surface area contributed by atoms with Gasteiger partial charge in [0.05, 0.1) is 28.7 Å². The van der Waals surface area contributed by atoms with Crippen LogP contribution in [0.4, 0.5) is 11.4 Å². The van der Waals surface area contributed by atoms with E-state index < -0.39 is 10.8 Å². The van der Waals surface area contributed by atoms with Crippen molar-refractivity contribution in [3.05, 3.63) is 98.1 Å². The number of nitro benzene ring substituents is 1. The maximum Gasteiger partial charge on any atom is 0.271 e. The van der Waals surface area contributed by atoms with E-state index in [2.05, 4.69) is 11.4 Å². The van der Waals surface area contributed by atoms with Crippen molar-refractivity contribution >= 4 is 35.0 Å². The Kier molecular flexibility index (Phi) is 8.02. The number of methoxy groups -OCH3 is 1. The van der Waals surface area contributed by atoms with Gasteiger partial charge in [0.2, 0.25) is 0 Å². The number of carbonyl (C=O) groups is 1. The highest BCUT2D eigenvalue weighted by atomic mass is 35.5. The Labute approximate surface area is 205 Å². The molecule has 3 aromatic carbocycles. The Hall–Kier alpha value is -4.86. The Bertz CT molecular complexity index is 1410. The molecule has 1 amide bonds. The lowest BCUT2D eigenvalue weighted by molar-refractivity contribution is -0.384. The molecule has 174 valence electrons. The van der Waals surface area contributed by atoms with E-state index in [4.69, 9.17) is 21.1 Å². The normalized spacial score (nSPS) is 10.6. The van der Waals surface area contributed by atoms with Gasteiger partial charge in [0.1, 0.15) is 18.2 Å². The molecule has 0 radical (unpaired) electrons. The standard InChI is InChI=1S/C25H17ClN4O5/c1-34-23-11-16(10-22(26)24(23)35-15-18-6-3-2-5-17(18)13-27)9-19(14-28)25(31)29-20-7-4-8-21(12-20)30(32)33/h2-12H,15H2,1H3,(H,29,31)/b19-9+. The molecule has 10 heteroatoms. The van der Waals surface area contributed by atoms with Gasteiger partial charge in [-0.2, -0.15) is 10.5 Å². The SMILES string of the molecule is COc1cc(/C=C(\C#N)C(=O)Nc2cccc([N+](=O)[O-])c2)cc(Cl)c1OCc1ccccc1C#N. The van der Waals surface area contributed by atoms with Crippen LogP contribution in [0.5, 0.6) is 11.5 Å². The number of benzene rings is 3. The van der Waals surface area contributed by atoms with Gasteiger partial charge in [0, 0.05) is 23.4 Å². The number of nitriles is 2. The largest absolute Gasteiger partial charge is 0.493 e. The first kappa shape index (κ1) is 24.8. The molecule has 0 heterocycles. The lowest BCUT2D eigenvalue weighted by Gasteiger charge is -2.14. The molecule has 3 aromatic rings. The number of ether oxygens (including phenoxy) is 2. The number of anilines is 1. The predicted octanol–water partition coefficient (Wildman–Crippen LogP) is 5.25. The lowest BCUT2D eigenvalue weighted by Crippen LogP contribution is -2.13. The maximum absolute atomic E-state index is 12.6. The fourth-order valence-corrected chi connectivity index (χ4v) is 3.35. The van der Waals surface area contributed by atoms with E-state index in [-0.39, 0.29) is 40.1 Å². The van der Waals surface area contributed by atoms with Crippen molar-refractivity contribution in [1.29, 1.82) is 10.5 Å². The number of carbonyl (C=O) groups excluding carboxylic acids is 1. The maximum atomic E-state index is 12.6. The third-order valence-corrected chi connectivity index (χ3v) is 5.03. The average molecular weight is 489 g/mol. The van der Waals surface area contributed by atoms with Crippen LogP contribution in [0.1, 0.15) is 16.7 Å². The van der Waals surface area contributed by atoms with Gasteiger partial charge < -0.3 is 14.8 Å². The summed E-state index contributed by atoms with van der Waals surface area (Å²) in [4.78, 5) is 22.9. The molecule has 0 aliphatic rings. The molecule has 0 saturated heterocycles. The van der Waals surface area contributed by atoms with Crippen molar-refractivity contribution < 1.29 is 19.2 Å². The van der Waals surface area contributed by atoms with E-state index in [1.54, 1.807) is 24.3 Å². The Morgan fingerprint density at radius 2 is 1.94 bits per heavy atom. The van der Waals surface area contributed by atoms with E-state index in [0.29, 0.717) is 16.7 Å². The number of hydrogen-bond acceptors (Lipinski definition) is 7. The summed E-state index contributed by atoms with van der Waals surface area (Å²) in [6.45, 7) is 0.0735. The van der Waals surface area contributed by atoms with Crippen LogP contribution in [0.25, 0.3) is 6.08 Å². The number of nitrogens with zero attached hydrogens (tertiary/aromatic N) is 3. The molecule has 0 atom stereocenters. The first-order valence-corrected chi connectivity index (χ1v) is 10.4. The summed E-state index contributed by atoms with van der Waals surface area (Å²) in [6, 6.07) is 19.3. The summed E-state index contributed by atoms with van der Waals surface area (Å²) in [6.07, 6.45) is 1.30. The fraction of sp³-hybridized carbons (Fsp3) is 0.0800. The molecule has 0 saturated carbocycles. The Balaban J connectivity index is 1.84. The number of amides is 1. The van der Waals surface area contributed by atoms with E-state index in [1.165, 1.54) is 49.6 Å². The molecule has 0 aliphatic carbocycles. The lowest BCUT2D eigenvalue weighted by atomic mass is 10.1. The van der Waals surface area contributed by atoms with Crippen molar-refractivity contribution in [3.8, 4) is 23.6 Å². The van der Waals surface area contributed by atoms with Crippen LogP contribution in [-0.4, -0.2) is 17.9 Å². The number of hydrogen-bond donors (Lipinski definition) is 1. The summed E-state index contributed by atoms with van der Waals surface area (Å²) in [5.41, 5.74) is 1.24. The van der Waals surface area contributed by atoms with E-state index in [9.17, 15) is 25.4 Å². The minimum atomic E-state index is -0.753. The molecular formula is C25H17ClN4O5. The van der Waals surface area contributed by atoms with E-state index >= 15 is 0 Å². The van der Waals surface area contributed by atoms with Crippen LogP contribution < -0.4 is 14.8 Å². The summed E-state index contributed by atoms with van der Waals surface area (Å²) in [7, 11) is 1.41. The van der Waals surface area contributed by atoms with E-state index in [0.717, 1.165) is 0 Å². The molecule has 9 nitrogen and oxygen atoms in total. The second kappa shape index (κ2) is 11.3. The molecule has 0 unspecified atom stereocenters. The van der Waals surface area contributed by atoms with Gasteiger partial charge in [-0.3, -0.25) is 14.9 Å². The van der Waals surface area contributed by atoms with Gasteiger partial charge in [0.15, 0.2) is 11.5 Å². The predicted molar refractivity (Wildman–Crippen MR) is 129 cm³/mol. The molecule has 0 aliphatic heterocycles. The van der Waals surface area contributed by atoms with Crippen molar-refractivity contribution in [3.63, 3.8) is 0 Å². The number of nitrogens with one attached hydrogen (secondary N) is 1. The van der Waals surface area contributed by atoms with Crippen LogP contribution in [0.2, 0.25) is 5.02 Å². The highest BCUT2D eigenvalue weighted by Gasteiger charge is 2.16. The molecule has 0 aromatic heterocycles. The molecule has 0 spiro atoms. The Morgan fingerprint density at radius 3 is 2.63 bits per heavy atom. The quantitative estimate of drug-likeness (QED) is 0.197. The molecule has 3 rings (SSSR count). The topological polar surface area (TPSA) is 138 Å². The van der Waals surface area contributed by atoms with Crippen LogP contribution in [0.3, 0.4) is 0 Å². The zero-order chi connectivity index (χ0) is 25.4. The van der Waals surface area contributed by atoms with Gasteiger partial charge in [-0.1, -0.05) is 35.9 Å². The van der Waals surface area contributed by atoms with Crippen LogP contribution in [-0.2, 0) is 11.4 Å². The number of nitro groups is 1. The molecule has 1 N–H and O–H groups in total. The highest BCUT2D eigenvalue weighted by molar-refractivity contribution is 6.32. The van der Waals surface area contributed by atoms with Gasteiger partial charge in [0.25, 0.3) is 11.6 Å². The van der Waals surface area contributed by atoms with Crippen molar-refractivity contribution in [1.82, 2.24) is 0 Å². The molecule has 35 heavy (non-hydrogen) atoms. The van der Waals surface area contributed by atoms with E-state index in [1.807, 2.05) is 6.07 Å². The minimum absolute atomic E-state index is 0.0735. The van der Waals surface area contributed by atoms with Gasteiger partial charge in [-0.25, -0.2) is 0 Å². The number of halogens is 1. The molecular weight excluding hydrogens is 472 g/mol. The van der Waals surface area contributed by atoms with Crippen LogP contribution >= 0.6 is 11.6 Å². The average Bonchev–Trinajstić information content (AvgIpc) is 2.86. The molecule has 0 fully saturated rings. The van der Waals surface area contributed by atoms with Gasteiger partial charge in [-0.05, 0) is 35.9 Å². The second-order valence-electron chi connectivity index (χ2n) is 7.02. The smallest absolute Gasteiger partial charge is 0.271 e. The van der Waals surface area contributed by atoms with Crippen molar-refractivity contribution in [2.45, 2.75) is 6.61 Å². The second-order valence-corrected chi connectivity index (χ2v) is 7.43. The van der Waals surface area contributed by atoms with Crippen LogP contribution in [0.15, 0.2) is 66.2 Å². The van der Waals surface area contributed by atoms with Gasteiger partial charge in [-0.15, -0.1) is 0 Å². The van der Waals surface area contributed by atoms with Gasteiger partial charge >= 0.3 is 0 Å². The zero-order valence-electron chi connectivity index (χ0n) is 18.3. The zero-order valence-corrected chi connectivity index (χ0v) is 19.1. The fourth-order valence-electron chi connectivity index (χ4n) is 3.08. The summed E-state index contributed by atoms with van der Waals surface area (Å²) < 4.78 is 11.2. The van der Waals surface area contributed by atoms with Crippen molar-refractivity contribution in [2.24, 2.45) is 0 Å². The third kappa shape index (κ3) is 6.14. The summed E-state index contributed by atoms with van der Waals surface area (Å²) in [5, 5.41) is 32.3.